The number of hydrogen-bond donors (Lipinski definition) is 2. The van der Waals surface area contributed by atoms with Gasteiger partial charge in [0.05, 0.1) is 17.2 Å². The smallest absolute Gasteiger partial charge is 0.338 e. The lowest BCUT2D eigenvalue weighted by Gasteiger charge is -2.07. The predicted octanol–water partition coefficient (Wildman–Crippen LogP) is 2.10. The van der Waals surface area contributed by atoms with Crippen molar-refractivity contribution in [2.24, 2.45) is 5.73 Å². The van der Waals surface area contributed by atoms with E-state index >= 15 is 0 Å². The first-order valence-corrected chi connectivity index (χ1v) is 4.86. The van der Waals surface area contributed by atoms with E-state index in [0.29, 0.717) is 11.1 Å². The van der Waals surface area contributed by atoms with Gasteiger partial charge in [0.2, 0.25) is 0 Å². The lowest BCUT2D eigenvalue weighted by molar-refractivity contribution is 0.0526. The van der Waals surface area contributed by atoms with Gasteiger partial charge in [0.25, 0.3) is 0 Å². The molecule has 6 heteroatoms. The van der Waals surface area contributed by atoms with Gasteiger partial charge >= 0.3 is 5.97 Å². The number of ether oxygens (including phenoxy) is 1. The van der Waals surface area contributed by atoms with Crippen LogP contribution in [0.3, 0.4) is 0 Å². The number of benzene rings is 1. The van der Waals surface area contributed by atoms with Gasteiger partial charge in [0.1, 0.15) is 5.75 Å². The number of esters is 1. The molecule has 1 aromatic rings. The molecule has 0 atom stereocenters. The highest BCUT2D eigenvalue weighted by atomic mass is 35.5. The molecule has 16 heavy (non-hydrogen) atoms. The minimum absolute atomic E-state index is 0. The minimum atomic E-state index is -0.478. The Morgan fingerprint density at radius 2 is 2.19 bits per heavy atom. The topological polar surface area (TPSA) is 72.5 Å². The first-order chi connectivity index (χ1) is 7.10. The Kier molecular flexibility index (Phi) is 6.18. The standard InChI is InChI=1S/C10H12ClNO3.ClH/c1-2-15-10(14)6-3-7(5-12)9(13)8(11)4-6;/h3-4,13H,2,5,12H2,1H3;1H. The highest BCUT2D eigenvalue weighted by Gasteiger charge is 2.13. The number of halogens is 2. The van der Waals surface area contributed by atoms with Gasteiger partial charge in [-0.25, -0.2) is 4.79 Å². The Bertz CT molecular complexity index is 383. The lowest BCUT2D eigenvalue weighted by Crippen LogP contribution is -2.06. The van der Waals surface area contributed by atoms with E-state index in [-0.39, 0.29) is 36.3 Å². The maximum atomic E-state index is 11.4. The van der Waals surface area contributed by atoms with Crippen LogP contribution >= 0.6 is 24.0 Å². The highest BCUT2D eigenvalue weighted by molar-refractivity contribution is 6.32. The van der Waals surface area contributed by atoms with Crippen LogP contribution in [0.15, 0.2) is 12.1 Å². The molecule has 0 spiro atoms. The van der Waals surface area contributed by atoms with Crippen molar-refractivity contribution in [3.63, 3.8) is 0 Å². The maximum Gasteiger partial charge on any atom is 0.338 e. The Morgan fingerprint density at radius 3 is 2.69 bits per heavy atom. The summed E-state index contributed by atoms with van der Waals surface area (Å²) < 4.78 is 4.80. The van der Waals surface area contributed by atoms with Crippen molar-refractivity contribution in [1.29, 1.82) is 0 Å². The summed E-state index contributed by atoms with van der Waals surface area (Å²) in [5.41, 5.74) is 6.11. The van der Waals surface area contributed by atoms with Crippen molar-refractivity contribution in [2.45, 2.75) is 13.5 Å². The summed E-state index contributed by atoms with van der Waals surface area (Å²) in [4.78, 5) is 11.4. The van der Waals surface area contributed by atoms with Gasteiger partial charge in [0.15, 0.2) is 0 Å². The van der Waals surface area contributed by atoms with Crippen LogP contribution in [0.5, 0.6) is 5.75 Å². The number of phenolic OH excluding ortho intramolecular Hbond substituents is 1. The first kappa shape index (κ1) is 15.0. The quantitative estimate of drug-likeness (QED) is 0.822. The van der Waals surface area contributed by atoms with Crippen LogP contribution in [0.4, 0.5) is 0 Å². The highest BCUT2D eigenvalue weighted by Crippen LogP contribution is 2.28. The van der Waals surface area contributed by atoms with Crippen molar-refractivity contribution in [1.82, 2.24) is 0 Å². The minimum Gasteiger partial charge on any atom is -0.506 e. The molecule has 0 aliphatic carbocycles. The summed E-state index contributed by atoms with van der Waals surface area (Å²) in [6.45, 7) is 2.11. The van der Waals surface area contributed by atoms with E-state index in [9.17, 15) is 9.90 Å². The molecule has 0 aliphatic rings. The summed E-state index contributed by atoms with van der Waals surface area (Å²) in [5.74, 6) is -0.568. The molecule has 0 aromatic heterocycles. The third kappa shape index (κ3) is 3.27. The molecule has 4 nitrogen and oxygen atoms in total. The molecule has 0 aliphatic heterocycles. The Morgan fingerprint density at radius 1 is 1.56 bits per heavy atom. The number of aromatic hydroxyl groups is 1. The maximum absolute atomic E-state index is 11.4. The van der Waals surface area contributed by atoms with Crippen LogP contribution < -0.4 is 5.73 Å². The van der Waals surface area contributed by atoms with Gasteiger partial charge in [-0.2, -0.15) is 0 Å². The van der Waals surface area contributed by atoms with Crippen molar-refractivity contribution in [2.75, 3.05) is 6.61 Å². The van der Waals surface area contributed by atoms with E-state index < -0.39 is 5.97 Å². The van der Waals surface area contributed by atoms with Crippen molar-refractivity contribution in [3.05, 3.63) is 28.3 Å². The van der Waals surface area contributed by atoms with Gasteiger partial charge in [-0.15, -0.1) is 12.4 Å². The van der Waals surface area contributed by atoms with E-state index in [4.69, 9.17) is 22.1 Å². The SMILES string of the molecule is CCOC(=O)c1cc(Cl)c(O)c(CN)c1.Cl. The Labute approximate surface area is 105 Å². The molecular formula is C10H13Cl2NO3. The number of phenols is 1. The molecule has 0 saturated heterocycles. The number of rotatable bonds is 3. The van der Waals surface area contributed by atoms with Crippen LogP contribution in [-0.2, 0) is 11.3 Å². The van der Waals surface area contributed by atoms with Gasteiger partial charge in [-0.1, -0.05) is 11.6 Å². The molecule has 1 rings (SSSR count). The molecule has 0 amide bonds. The predicted molar refractivity (Wildman–Crippen MR) is 64.2 cm³/mol. The fourth-order valence-electron chi connectivity index (χ4n) is 1.14. The van der Waals surface area contributed by atoms with Crippen LogP contribution in [0.1, 0.15) is 22.8 Å². The van der Waals surface area contributed by atoms with Crippen LogP contribution in [0.25, 0.3) is 0 Å². The third-order valence-electron chi connectivity index (χ3n) is 1.87. The Balaban J connectivity index is 0.00000225. The van der Waals surface area contributed by atoms with Crippen molar-refractivity contribution in [3.8, 4) is 5.75 Å². The average molecular weight is 266 g/mol. The number of carbonyl (C=O) groups excluding carboxylic acids is 1. The number of hydrogen-bond acceptors (Lipinski definition) is 4. The molecule has 90 valence electrons. The summed E-state index contributed by atoms with van der Waals surface area (Å²) in [6, 6.07) is 2.83. The lowest BCUT2D eigenvalue weighted by atomic mass is 10.1. The van der Waals surface area contributed by atoms with E-state index in [1.54, 1.807) is 6.92 Å². The number of nitrogens with two attached hydrogens (primary N) is 1. The molecule has 0 unspecified atom stereocenters. The largest absolute Gasteiger partial charge is 0.506 e. The first-order valence-electron chi connectivity index (χ1n) is 4.48. The summed E-state index contributed by atoms with van der Waals surface area (Å²) in [7, 11) is 0. The zero-order valence-corrected chi connectivity index (χ0v) is 10.3. The fourth-order valence-corrected chi connectivity index (χ4v) is 1.38. The Hall–Kier alpha value is -0.970. The van der Waals surface area contributed by atoms with Crippen LogP contribution in [0.2, 0.25) is 5.02 Å². The van der Waals surface area contributed by atoms with Gasteiger partial charge < -0.3 is 15.6 Å². The van der Waals surface area contributed by atoms with E-state index in [1.165, 1.54) is 12.1 Å². The molecule has 0 radical (unpaired) electrons. The third-order valence-corrected chi connectivity index (χ3v) is 2.16. The molecular weight excluding hydrogens is 253 g/mol. The monoisotopic (exact) mass is 265 g/mol. The van der Waals surface area contributed by atoms with Crippen molar-refractivity contribution < 1.29 is 14.6 Å². The average Bonchev–Trinajstić information content (AvgIpc) is 2.22. The second kappa shape index (κ2) is 6.58. The fraction of sp³-hybridized carbons (Fsp3) is 0.300. The summed E-state index contributed by atoms with van der Waals surface area (Å²) >= 11 is 5.73. The zero-order chi connectivity index (χ0) is 11.4. The second-order valence-electron chi connectivity index (χ2n) is 2.89. The summed E-state index contributed by atoms with van der Waals surface area (Å²) in [6.07, 6.45) is 0. The molecule has 0 saturated carbocycles. The second-order valence-corrected chi connectivity index (χ2v) is 3.30. The molecule has 3 N–H and O–H groups in total. The summed E-state index contributed by atoms with van der Waals surface area (Å²) in [5, 5.41) is 9.57. The van der Waals surface area contributed by atoms with Gasteiger partial charge in [-0.3, -0.25) is 0 Å². The number of carbonyl (C=O) groups is 1. The zero-order valence-electron chi connectivity index (χ0n) is 8.70. The van der Waals surface area contributed by atoms with Crippen molar-refractivity contribution >= 4 is 30.0 Å². The van der Waals surface area contributed by atoms with Gasteiger partial charge in [-0.05, 0) is 19.1 Å². The molecule has 1 aromatic carbocycles. The van der Waals surface area contributed by atoms with Crippen LogP contribution in [0, 0.1) is 0 Å². The molecule has 0 heterocycles. The van der Waals surface area contributed by atoms with Gasteiger partial charge in [0, 0.05) is 12.1 Å². The molecule has 0 bridgehead atoms. The molecule has 0 fully saturated rings. The normalized spacial score (nSPS) is 9.44. The van der Waals surface area contributed by atoms with Crippen LogP contribution in [-0.4, -0.2) is 17.7 Å². The van der Waals surface area contributed by atoms with E-state index in [2.05, 4.69) is 0 Å². The van der Waals surface area contributed by atoms with E-state index in [1.807, 2.05) is 0 Å². The van der Waals surface area contributed by atoms with E-state index in [0.717, 1.165) is 0 Å².